The second-order valence-corrected chi connectivity index (χ2v) is 6.82. The van der Waals surface area contributed by atoms with E-state index in [-0.39, 0.29) is 0 Å². The van der Waals surface area contributed by atoms with Crippen LogP contribution in [0.1, 0.15) is 61.3 Å². The Balaban J connectivity index is 4.45. The molecule has 0 bridgehead atoms. The molecule has 110 valence electrons. The summed E-state index contributed by atoms with van der Waals surface area (Å²) in [5.41, 5.74) is 0.407. The molecule has 1 atom stereocenters. The van der Waals surface area contributed by atoms with Crippen LogP contribution >= 0.6 is 0 Å². The molecule has 0 aromatic carbocycles. The molecule has 0 rings (SSSR count). The van der Waals surface area contributed by atoms with Crippen LogP contribution in [0.3, 0.4) is 0 Å². The standard InChI is InChI=1S/C16H36N2/c1-8-10-16(7,12-17-15(5)6)13-18(9-2)11-14(3)4/h14-15,17H,8-13H2,1-7H3. The molecule has 2 nitrogen and oxygen atoms in total. The lowest BCUT2D eigenvalue weighted by atomic mass is 9.84. The minimum atomic E-state index is 0.407. The average Bonchev–Trinajstić information content (AvgIpc) is 2.25. The van der Waals surface area contributed by atoms with E-state index >= 15 is 0 Å². The fourth-order valence-electron chi connectivity index (χ4n) is 2.64. The van der Waals surface area contributed by atoms with Gasteiger partial charge in [0.05, 0.1) is 0 Å². The van der Waals surface area contributed by atoms with Crippen molar-refractivity contribution in [3.8, 4) is 0 Å². The lowest BCUT2D eigenvalue weighted by Crippen LogP contribution is -2.44. The van der Waals surface area contributed by atoms with Crippen molar-refractivity contribution in [2.45, 2.75) is 67.3 Å². The molecule has 18 heavy (non-hydrogen) atoms. The van der Waals surface area contributed by atoms with Crippen molar-refractivity contribution in [1.82, 2.24) is 10.2 Å². The van der Waals surface area contributed by atoms with Crippen molar-refractivity contribution in [1.29, 1.82) is 0 Å². The van der Waals surface area contributed by atoms with E-state index in [9.17, 15) is 0 Å². The first-order valence-electron chi connectivity index (χ1n) is 7.78. The van der Waals surface area contributed by atoms with Gasteiger partial charge in [-0.25, -0.2) is 0 Å². The van der Waals surface area contributed by atoms with E-state index in [1.807, 2.05) is 0 Å². The van der Waals surface area contributed by atoms with Crippen molar-refractivity contribution < 1.29 is 0 Å². The third-order valence-electron chi connectivity index (χ3n) is 3.47. The van der Waals surface area contributed by atoms with Gasteiger partial charge in [-0.3, -0.25) is 0 Å². The van der Waals surface area contributed by atoms with Crippen molar-refractivity contribution in [3.63, 3.8) is 0 Å². The predicted molar refractivity (Wildman–Crippen MR) is 83.1 cm³/mol. The second kappa shape index (κ2) is 8.92. The van der Waals surface area contributed by atoms with Crippen LogP contribution in [0.15, 0.2) is 0 Å². The zero-order valence-electron chi connectivity index (χ0n) is 13.8. The molecule has 0 aliphatic heterocycles. The lowest BCUT2D eigenvalue weighted by Gasteiger charge is -2.36. The highest BCUT2D eigenvalue weighted by molar-refractivity contribution is 4.81. The number of nitrogens with one attached hydrogen (secondary N) is 1. The van der Waals surface area contributed by atoms with E-state index in [2.05, 4.69) is 58.7 Å². The summed E-state index contributed by atoms with van der Waals surface area (Å²) in [6, 6.07) is 0.585. The molecule has 1 N–H and O–H groups in total. The average molecular weight is 256 g/mol. The van der Waals surface area contributed by atoms with E-state index in [0.29, 0.717) is 11.5 Å². The smallest absolute Gasteiger partial charge is 0.00475 e. The van der Waals surface area contributed by atoms with E-state index in [0.717, 1.165) is 12.5 Å². The highest BCUT2D eigenvalue weighted by atomic mass is 15.1. The van der Waals surface area contributed by atoms with Crippen molar-refractivity contribution in [3.05, 3.63) is 0 Å². The molecule has 2 heteroatoms. The van der Waals surface area contributed by atoms with Gasteiger partial charge in [-0.2, -0.15) is 0 Å². The molecular weight excluding hydrogens is 220 g/mol. The second-order valence-electron chi connectivity index (χ2n) is 6.82. The third-order valence-corrected chi connectivity index (χ3v) is 3.47. The van der Waals surface area contributed by atoms with Gasteiger partial charge in [0.25, 0.3) is 0 Å². The van der Waals surface area contributed by atoms with Crippen molar-refractivity contribution >= 4 is 0 Å². The molecule has 0 aromatic heterocycles. The molecule has 1 unspecified atom stereocenters. The van der Waals surface area contributed by atoms with Gasteiger partial charge in [0, 0.05) is 25.7 Å². The molecule has 0 radical (unpaired) electrons. The van der Waals surface area contributed by atoms with Crippen LogP contribution in [0.4, 0.5) is 0 Å². The van der Waals surface area contributed by atoms with Gasteiger partial charge in [-0.15, -0.1) is 0 Å². The van der Waals surface area contributed by atoms with E-state index in [4.69, 9.17) is 0 Å². The van der Waals surface area contributed by atoms with Crippen LogP contribution in [0.5, 0.6) is 0 Å². The SMILES string of the molecule is CCCC(C)(CNC(C)C)CN(CC)CC(C)C. The monoisotopic (exact) mass is 256 g/mol. The highest BCUT2D eigenvalue weighted by Gasteiger charge is 2.26. The molecule has 0 amide bonds. The minimum Gasteiger partial charge on any atom is -0.314 e. The Kier molecular flexibility index (Phi) is 8.89. The molecule has 0 heterocycles. The van der Waals surface area contributed by atoms with E-state index < -0.39 is 0 Å². The van der Waals surface area contributed by atoms with Crippen LogP contribution < -0.4 is 5.32 Å². The Morgan fingerprint density at radius 3 is 2.11 bits per heavy atom. The van der Waals surface area contributed by atoms with Crippen molar-refractivity contribution in [2.24, 2.45) is 11.3 Å². The topological polar surface area (TPSA) is 15.3 Å². The quantitative estimate of drug-likeness (QED) is 0.640. The molecule has 0 saturated carbocycles. The Morgan fingerprint density at radius 1 is 1.11 bits per heavy atom. The molecule has 0 spiro atoms. The normalized spacial score (nSPS) is 15.7. The first-order chi connectivity index (χ1) is 8.33. The van der Waals surface area contributed by atoms with Crippen molar-refractivity contribution in [2.75, 3.05) is 26.2 Å². The van der Waals surface area contributed by atoms with Crippen LogP contribution in [-0.4, -0.2) is 37.1 Å². The van der Waals surface area contributed by atoms with Crippen LogP contribution in [-0.2, 0) is 0 Å². The molecule has 0 aromatic rings. The largest absolute Gasteiger partial charge is 0.314 e. The van der Waals surface area contributed by atoms with Crippen LogP contribution in [0, 0.1) is 11.3 Å². The van der Waals surface area contributed by atoms with Gasteiger partial charge in [0.2, 0.25) is 0 Å². The zero-order valence-corrected chi connectivity index (χ0v) is 13.8. The first-order valence-corrected chi connectivity index (χ1v) is 7.78. The van der Waals surface area contributed by atoms with Gasteiger partial charge in [0.15, 0.2) is 0 Å². The predicted octanol–water partition coefficient (Wildman–Crippen LogP) is 3.77. The summed E-state index contributed by atoms with van der Waals surface area (Å²) in [7, 11) is 0. The molecular formula is C16H36N2. The molecule has 0 saturated heterocycles. The number of hydrogen-bond acceptors (Lipinski definition) is 2. The van der Waals surface area contributed by atoms with Gasteiger partial charge in [-0.1, -0.05) is 54.9 Å². The fourth-order valence-corrected chi connectivity index (χ4v) is 2.64. The van der Waals surface area contributed by atoms with Gasteiger partial charge < -0.3 is 10.2 Å². The van der Waals surface area contributed by atoms with E-state index in [1.54, 1.807) is 0 Å². The van der Waals surface area contributed by atoms with Crippen LogP contribution in [0.2, 0.25) is 0 Å². The Morgan fingerprint density at radius 2 is 1.72 bits per heavy atom. The maximum Gasteiger partial charge on any atom is 0.00475 e. The Bertz CT molecular complexity index is 201. The highest BCUT2D eigenvalue weighted by Crippen LogP contribution is 2.24. The minimum absolute atomic E-state index is 0.407. The van der Waals surface area contributed by atoms with Gasteiger partial charge >= 0.3 is 0 Å². The first kappa shape index (κ1) is 17.9. The number of nitrogens with zero attached hydrogens (tertiary/aromatic N) is 1. The fraction of sp³-hybridized carbons (Fsp3) is 1.00. The van der Waals surface area contributed by atoms with E-state index in [1.165, 1.54) is 32.5 Å². The summed E-state index contributed by atoms with van der Waals surface area (Å²) < 4.78 is 0. The summed E-state index contributed by atoms with van der Waals surface area (Å²) in [5.74, 6) is 0.758. The lowest BCUT2D eigenvalue weighted by molar-refractivity contribution is 0.140. The Labute approximate surface area is 116 Å². The molecule has 0 fully saturated rings. The van der Waals surface area contributed by atoms with Gasteiger partial charge in [0.1, 0.15) is 0 Å². The summed E-state index contributed by atoms with van der Waals surface area (Å²) in [6.07, 6.45) is 2.58. The molecule has 0 aliphatic rings. The van der Waals surface area contributed by atoms with Gasteiger partial charge in [-0.05, 0) is 24.3 Å². The maximum atomic E-state index is 3.63. The maximum absolute atomic E-state index is 3.63. The van der Waals surface area contributed by atoms with Crippen LogP contribution in [0.25, 0.3) is 0 Å². The molecule has 0 aliphatic carbocycles. The third kappa shape index (κ3) is 8.10. The summed E-state index contributed by atoms with van der Waals surface area (Å²) >= 11 is 0. The zero-order chi connectivity index (χ0) is 14.2. The summed E-state index contributed by atoms with van der Waals surface area (Å²) in [6.45, 7) is 20.8. The number of hydrogen-bond donors (Lipinski definition) is 1. The summed E-state index contributed by atoms with van der Waals surface area (Å²) in [4.78, 5) is 2.61. The number of rotatable bonds is 10. The Hall–Kier alpha value is -0.0800. The summed E-state index contributed by atoms with van der Waals surface area (Å²) in [5, 5.41) is 3.63.